The Morgan fingerprint density at radius 1 is 1.46 bits per heavy atom. The largest absolute Gasteiger partial charge is 0.192 e. The summed E-state index contributed by atoms with van der Waals surface area (Å²) in [6.45, 7) is 0. The van der Waals surface area contributed by atoms with E-state index in [0.717, 1.165) is 15.4 Å². The van der Waals surface area contributed by atoms with Crippen molar-refractivity contribution in [2.24, 2.45) is 0 Å². The molecule has 0 saturated heterocycles. The Hall–Kier alpha value is -0.370. The van der Waals surface area contributed by atoms with Gasteiger partial charge < -0.3 is 0 Å². The van der Waals surface area contributed by atoms with E-state index < -0.39 is 0 Å². The lowest BCUT2D eigenvalue weighted by molar-refractivity contribution is 1.53. The molecule has 1 aromatic rings. The van der Waals surface area contributed by atoms with Gasteiger partial charge in [0.2, 0.25) is 0 Å². The summed E-state index contributed by atoms with van der Waals surface area (Å²) in [6.07, 6.45) is 3.99. The summed E-state index contributed by atoms with van der Waals surface area (Å²) in [6, 6.07) is 4.23. The minimum absolute atomic E-state index is 0.793. The third-order valence-corrected chi connectivity index (χ3v) is 4.33. The van der Waals surface area contributed by atoms with Crippen LogP contribution in [0.4, 0.5) is 0 Å². The summed E-state index contributed by atoms with van der Waals surface area (Å²) >= 11 is 4.87. The monoisotopic (exact) mass is 227 g/mol. The fraction of sp³-hybridized carbons (Fsp3) is 0.222. The van der Waals surface area contributed by atoms with Gasteiger partial charge in [0.05, 0.1) is 9.81 Å². The van der Waals surface area contributed by atoms with Crippen LogP contribution in [-0.4, -0.2) is 12.5 Å². The number of nitriles is 1. The molecular weight excluding hydrogens is 218 g/mol. The van der Waals surface area contributed by atoms with Gasteiger partial charge in [-0.25, -0.2) is 0 Å². The fourth-order valence-electron chi connectivity index (χ4n) is 0.922. The molecule has 0 aromatic carbocycles. The predicted molar refractivity (Wildman–Crippen MR) is 63.9 cm³/mol. The smallest absolute Gasteiger partial charge is 0.102 e. The number of allylic oxidation sites excluding steroid dienone is 1. The van der Waals surface area contributed by atoms with Gasteiger partial charge in [-0.3, -0.25) is 0 Å². The van der Waals surface area contributed by atoms with Crippen LogP contribution in [0.5, 0.6) is 0 Å². The first-order chi connectivity index (χ1) is 6.33. The maximum atomic E-state index is 9.00. The zero-order chi connectivity index (χ0) is 9.68. The van der Waals surface area contributed by atoms with Crippen molar-refractivity contribution in [3.05, 3.63) is 26.6 Å². The van der Waals surface area contributed by atoms with Crippen LogP contribution in [0.1, 0.15) is 5.56 Å². The highest BCUT2D eigenvalue weighted by Crippen LogP contribution is 2.33. The van der Waals surface area contributed by atoms with E-state index in [1.165, 1.54) is 0 Å². The number of hydrogen-bond donors (Lipinski definition) is 0. The third kappa shape index (κ3) is 2.53. The van der Waals surface area contributed by atoms with Crippen LogP contribution < -0.4 is 0 Å². The van der Waals surface area contributed by atoms with Gasteiger partial charge in [0.25, 0.3) is 0 Å². The molecule has 0 spiro atoms. The van der Waals surface area contributed by atoms with E-state index in [0.29, 0.717) is 0 Å². The summed E-state index contributed by atoms with van der Waals surface area (Å²) in [5, 5.41) is 13.0. The number of thiophene rings is 1. The molecule has 13 heavy (non-hydrogen) atoms. The van der Waals surface area contributed by atoms with Crippen LogP contribution >= 0.6 is 34.9 Å². The SMILES string of the molecule is CSC(SC)=C(C#N)c1ccsc1. The second-order valence-electron chi connectivity index (χ2n) is 2.19. The van der Waals surface area contributed by atoms with E-state index in [1.54, 1.807) is 34.9 Å². The maximum absolute atomic E-state index is 9.00. The number of rotatable bonds is 3. The van der Waals surface area contributed by atoms with Gasteiger partial charge in [-0.15, -0.1) is 23.5 Å². The average molecular weight is 227 g/mol. The lowest BCUT2D eigenvalue weighted by Gasteiger charge is -2.01. The molecule has 68 valence electrons. The Morgan fingerprint density at radius 3 is 2.54 bits per heavy atom. The van der Waals surface area contributed by atoms with Crippen LogP contribution in [0.15, 0.2) is 21.1 Å². The lowest BCUT2D eigenvalue weighted by atomic mass is 10.2. The zero-order valence-electron chi connectivity index (χ0n) is 7.40. The second kappa shape index (κ2) is 5.38. The van der Waals surface area contributed by atoms with Crippen LogP contribution in [0.25, 0.3) is 5.57 Å². The van der Waals surface area contributed by atoms with E-state index in [2.05, 4.69) is 6.07 Å². The van der Waals surface area contributed by atoms with Gasteiger partial charge in [0.1, 0.15) is 6.07 Å². The van der Waals surface area contributed by atoms with Crippen molar-refractivity contribution in [1.29, 1.82) is 5.26 Å². The Bertz CT molecular complexity index is 326. The summed E-state index contributed by atoms with van der Waals surface area (Å²) < 4.78 is 1.08. The van der Waals surface area contributed by atoms with Crippen LogP contribution in [-0.2, 0) is 0 Å². The average Bonchev–Trinajstić information content (AvgIpc) is 2.66. The molecule has 1 heterocycles. The quantitative estimate of drug-likeness (QED) is 0.736. The first-order valence-corrected chi connectivity index (χ1v) is 6.97. The van der Waals surface area contributed by atoms with E-state index in [-0.39, 0.29) is 0 Å². The minimum Gasteiger partial charge on any atom is -0.192 e. The highest BCUT2D eigenvalue weighted by molar-refractivity contribution is 8.21. The van der Waals surface area contributed by atoms with Gasteiger partial charge in [0, 0.05) is 5.56 Å². The van der Waals surface area contributed by atoms with Crippen molar-refractivity contribution < 1.29 is 0 Å². The Labute approximate surface area is 90.8 Å². The highest BCUT2D eigenvalue weighted by Gasteiger charge is 2.07. The fourth-order valence-corrected chi connectivity index (χ4v) is 2.97. The van der Waals surface area contributed by atoms with Crippen LogP contribution in [0.3, 0.4) is 0 Å². The van der Waals surface area contributed by atoms with Gasteiger partial charge >= 0.3 is 0 Å². The molecule has 0 unspecified atom stereocenters. The van der Waals surface area contributed by atoms with Crippen molar-refractivity contribution >= 4 is 40.4 Å². The van der Waals surface area contributed by atoms with E-state index in [1.807, 2.05) is 29.3 Å². The molecule has 0 N–H and O–H groups in total. The third-order valence-electron chi connectivity index (χ3n) is 1.50. The zero-order valence-corrected chi connectivity index (χ0v) is 9.85. The van der Waals surface area contributed by atoms with E-state index >= 15 is 0 Å². The molecule has 0 aliphatic heterocycles. The molecule has 0 aliphatic carbocycles. The Kier molecular flexibility index (Phi) is 4.43. The molecule has 1 aromatic heterocycles. The van der Waals surface area contributed by atoms with Gasteiger partial charge in [0.15, 0.2) is 0 Å². The molecule has 0 fully saturated rings. The molecule has 0 aliphatic rings. The first-order valence-electron chi connectivity index (χ1n) is 3.58. The predicted octanol–water partition coefficient (Wildman–Crippen LogP) is 3.67. The molecule has 4 heteroatoms. The molecule has 0 amide bonds. The molecular formula is C9H9NS3. The normalized spacial score (nSPS) is 9.31. The second-order valence-corrected chi connectivity index (χ2v) is 4.87. The van der Waals surface area contributed by atoms with E-state index in [9.17, 15) is 0 Å². The van der Waals surface area contributed by atoms with Crippen LogP contribution in [0.2, 0.25) is 0 Å². The lowest BCUT2D eigenvalue weighted by Crippen LogP contribution is -1.80. The highest BCUT2D eigenvalue weighted by atomic mass is 32.2. The minimum atomic E-state index is 0.793. The number of thioether (sulfide) groups is 2. The standard InChI is InChI=1S/C9H9NS3/c1-11-9(12-2)8(5-10)7-3-4-13-6-7/h3-4,6H,1-2H3. The summed E-state index contributed by atoms with van der Waals surface area (Å²) in [7, 11) is 0. The van der Waals surface area contributed by atoms with Gasteiger partial charge in [-0.05, 0) is 29.3 Å². The molecule has 0 radical (unpaired) electrons. The maximum Gasteiger partial charge on any atom is 0.102 e. The first kappa shape index (κ1) is 10.7. The molecule has 1 nitrogen and oxygen atoms in total. The van der Waals surface area contributed by atoms with E-state index in [4.69, 9.17) is 5.26 Å². The molecule has 0 bridgehead atoms. The topological polar surface area (TPSA) is 23.8 Å². The molecule has 0 atom stereocenters. The van der Waals surface area contributed by atoms with Gasteiger partial charge in [-0.2, -0.15) is 16.6 Å². The number of nitrogens with zero attached hydrogens (tertiary/aromatic N) is 1. The number of hydrogen-bond acceptors (Lipinski definition) is 4. The van der Waals surface area contributed by atoms with Crippen molar-refractivity contribution in [3.63, 3.8) is 0 Å². The van der Waals surface area contributed by atoms with Gasteiger partial charge in [-0.1, -0.05) is 0 Å². The molecule has 0 saturated carbocycles. The van der Waals surface area contributed by atoms with Crippen LogP contribution in [0, 0.1) is 11.3 Å². The van der Waals surface area contributed by atoms with Crippen molar-refractivity contribution in [3.8, 4) is 6.07 Å². The van der Waals surface area contributed by atoms with Crippen molar-refractivity contribution in [1.82, 2.24) is 0 Å². The Balaban J connectivity index is 3.11. The van der Waals surface area contributed by atoms with Crippen molar-refractivity contribution in [2.45, 2.75) is 0 Å². The summed E-state index contributed by atoms with van der Waals surface area (Å²) in [4.78, 5) is 0. The summed E-state index contributed by atoms with van der Waals surface area (Å²) in [5.74, 6) is 0. The summed E-state index contributed by atoms with van der Waals surface area (Å²) in [5.41, 5.74) is 1.83. The molecule has 1 rings (SSSR count). The van der Waals surface area contributed by atoms with Crippen molar-refractivity contribution in [2.75, 3.05) is 12.5 Å². The Morgan fingerprint density at radius 2 is 2.15 bits per heavy atom.